The molecule has 0 aliphatic carbocycles. The first-order valence-corrected chi connectivity index (χ1v) is 8.18. The third kappa shape index (κ3) is 2.95. The number of likely N-dealkylation sites (tertiary alicyclic amines) is 1. The van der Waals surface area contributed by atoms with Crippen molar-refractivity contribution in [2.45, 2.75) is 32.6 Å². The highest BCUT2D eigenvalue weighted by Gasteiger charge is 2.36. The fourth-order valence-electron chi connectivity index (χ4n) is 3.87. The van der Waals surface area contributed by atoms with Crippen LogP contribution in [0, 0.1) is 22.5 Å². The van der Waals surface area contributed by atoms with Gasteiger partial charge in [0.05, 0.1) is 4.92 Å². The zero-order chi connectivity index (χ0) is 15.7. The number of nitro groups is 1. The van der Waals surface area contributed by atoms with Gasteiger partial charge in [-0.1, -0.05) is 0 Å². The first-order valence-electron chi connectivity index (χ1n) is 8.18. The molecule has 120 valence electrons. The van der Waals surface area contributed by atoms with Gasteiger partial charge < -0.3 is 9.80 Å². The summed E-state index contributed by atoms with van der Waals surface area (Å²) < 4.78 is 0. The van der Waals surface area contributed by atoms with Crippen molar-refractivity contribution >= 4 is 11.4 Å². The van der Waals surface area contributed by atoms with Crippen LogP contribution in [0.1, 0.15) is 31.2 Å². The van der Waals surface area contributed by atoms with Crippen LogP contribution in [0.4, 0.5) is 11.4 Å². The SMILES string of the molecule is Cc1cc(N2CCC3(CCN(C)CC3)CC2)ccc1[N+](=O)[O-]. The van der Waals surface area contributed by atoms with E-state index in [2.05, 4.69) is 16.8 Å². The van der Waals surface area contributed by atoms with Crippen LogP contribution >= 0.6 is 0 Å². The number of nitrogens with zero attached hydrogens (tertiary/aromatic N) is 3. The van der Waals surface area contributed by atoms with Gasteiger partial charge in [0.25, 0.3) is 5.69 Å². The standard InChI is InChI=1S/C17H25N3O2/c1-14-13-15(3-4-16(14)20(21)22)19-11-7-17(8-12-19)5-9-18(2)10-6-17/h3-4,13H,5-12H2,1-2H3. The average Bonchev–Trinajstić information content (AvgIpc) is 2.51. The highest BCUT2D eigenvalue weighted by Crippen LogP contribution is 2.42. The number of anilines is 1. The minimum Gasteiger partial charge on any atom is -0.371 e. The van der Waals surface area contributed by atoms with Gasteiger partial charge >= 0.3 is 0 Å². The molecule has 2 aliphatic rings. The molecule has 2 fully saturated rings. The molecule has 0 amide bonds. The van der Waals surface area contributed by atoms with Gasteiger partial charge in [0, 0.05) is 30.4 Å². The third-order valence-electron chi connectivity index (χ3n) is 5.61. The van der Waals surface area contributed by atoms with E-state index >= 15 is 0 Å². The molecule has 1 spiro atoms. The molecule has 5 nitrogen and oxygen atoms in total. The van der Waals surface area contributed by atoms with E-state index in [1.54, 1.807) is 6.07 Å². The fraction of sp³-hybridized carbons (Fsp3) is 0.647. The van der Waals surface area contributed by atoms with Crippen LogP contribution in [-0.2, 0) is 0 Å². The predicted molar refractivity (Wildman–Crippen MR) is 88.4 cm³/mol. The number of aryl methyl sites for hydroxylation is 1. The zero-order valence-corrected chi connectivity index (χ0v) is 13.5. The zero-order valence-electron chi connectivity index (χ0n) is 13.5. The van der Waals surface area contributed by atoms with Crippen LogP contribution in [0.2, 0.25) is 0 Å². The van der Waals surface area contributed by atoms with Crippen LogP contribution in [0.25, 0.3) is 0 Å². The first-order chi connectivity index (χ1) is 10.5. The first kappa shape index (κ1) is 15.3. The highest BCUT2D eigenvalue weighted by atomic mass is 16.6. The Morgan fingerprint density at radius 3 is 2.23 bits per heavy atom. The topological polar surface area (TPSA) is 49.6 Å². The Bertz CT molecular complexity index is 555. The van der Waals surface area contributed by atoms with Gasteiger partial charge in [-0.05, 0) is 70.3 Å². The second kappa shape index (κ2) is 5.88. The number of hydrogen-bond donors (Lipinski definition) is 0. The van der Waals surface area contributed by atoms with Crippen molar-refractivity contribution in [3.63, 3.8) is 0 Å². The molecule has 1 aromatic rings. The normalized spacial score (nSPS) is 22.0. The molecule has 0 radical (unpaired) electrons. The molecule has 5 heteroatoms. The van der Waals surface area contributed by atoms with Gasteiger partial charge in [-0.2, -0.15) is 0 Å². The summed E-state index contributed by atoms with van der Waals surface area (Å²) in [6.45, 7) is 6.40. The summed E-state index contributed by atoms with van der Waals surface area (Å²) in [6.07, 6.45) is 5.13. The Morgan fingerprint density at radius 1 is 1.09 bits per heavy atom. The second-order valence-corrected chi connectivity index (χ2v) is 7.02. The molecule has 0 saturated carbocycles. The Balaban J connectivity index is 1.66. The van der Waals surface area contributed by atoms with Crippen molar-refractivity contribution < 1.29 is 4.92 Å². The van der Waals surface area contributed by atoms with E-state index in [9.17, 15) is 10.1 Å². The summed E-state index contributed by atoms with van der Waals surface area (Å²) in [4.78, 5) is 15.4. The van der Waals surface area contributed by atoms with Gasteiger partial charge in [0.15, 0.2) is 0 Å². The van der Waals surface area contributed by atoms with Crippen LogP contribution in [0.15, 0.2) is 18.2 Å². The average molecular weight is 303 g/mol. The van der Waals surface area contributed by atoms with Crippen LogP contribution in [0.3, 0.4) is 0 Å². The van der Waals surface area contributed by atoms with Crippen molar-refractivity contribution in [3.05, 3.63) is 33.9 Å². The minimum absolute atomic E-state index is 0.215. The van der Waals surface area contributed by atoms with E-state index in [0.29, 0.717) is 5.41 Å². The molecule has 1 aromatic carbocycles. The smallest absolute Gasteiger partial charge is 0.272 e. The van der Waals surface area contributed by atoms with E-state index in [1.165, 1.54) is 38.8 Å². The van der Waals surface area contributed by atoms with E-state index < -0.39 is 0 Å². The second-order valence-electron chi connectivity index (χ2n) is 7.02. The Morgan fingerprint density at radius 2 is 1.68 bits per heavy atom. The molecule has 0 unspecified atom stereocenters. The molecule has 0 atom stereocenters. The maximum absolute atomic E-state index is 10.9. The lowest BCUT2D eigenvalue weighted by Gasteiger charge is -2.46. The number of benzene rings is 1. The summed E-state index contributed by atoms with van der Waals surface area (Å²) in [5, 5.41) is 10.9. The minimum atomic E-state index is -0.303. The lowest BCUT2D eigenvalue weighted by Crippen LogP contribution is -2.46. The Labute approximate surface area is 132 Å². The summed E-state index contributed by atoms with van der Waals surface area (Å²) in [6, 6.07) is 5.51. The molecule has 3 rings (SSSR count). The van der Waals surface area contributed by atoms with Crippen LogP contribution in [-0.4, -0.2) is 43.0 Å². The molecule has 0 aromatic heterocycles. The largest absolute Gasteiger partial charge is 0.371 e. The highest BCUT2D eigenvalue weighted by molar-refractivity contribution is 5.55. The van der Waals surface area contributed by atoms with Gasteiger partial charge in [-0.3, -0.25) is 10.1 Å². The van der Waals surface area contributed by atoms with Gasteiger partial charge in [-0.15, -0.1) is 0 Å². The summed E-state index contributed by atoms with van der Waals surface area (Å²) in [5.41, 5.74) is 2.64. The summed E-state index contributed by atoms with van der Waals surface area (Å²) >= 11 is 0. The fourth-order valence-corrected chi connectivity index (χ4v) is 3.87. The van der Waals surface area contributed by atoms with Gasteiger partial charge in [-0.25, -0.2) is 0 Å². The van der Waals surface area contributed by atoms with Gasteiger partial charge in [0.2, 0.25) is 0 Å². The maximum Gasteiger partial charge on any atom is 0.272 e. The van der Waals surface area contributed by atoms with E-state index in [4.69, 9.17) is 0 Å². The Kier molecular flexibility index (Phi) is 4.08. The number of nitro benzene ring substituents is 1. The summed E-state index contributed by atoms with van der Waals surface area (Å²) in [7, 11) is 2.21. The van der Waals surface area contributed by atoms with Crippen molar-refractivity contribution in [3.8, 4) is 0 Å². The lowest BCUT2D eigenvalue weighted by atomic mass is 9.71. The number of hydrogen-bond acceptors (Lipinski definition) is 4. The van der Waals surface area contributed by atoms with Crippen molar-refractivity contribution in [2.24, 2.45) is 5.41 Å². The molecule has 22 heavy (non-hydrogen) atoms. The van der Waals surface area contributed by atoms with Crippen molar-refractivity contribution in [1.82, 2.24) is 4.90 Å². The lowest BCUT2D eigenvalue weighted by molar-refractivity contribution is -0.385. The van der Waals surface area contributed by atoms with E-state index in [0.717, 1.165) is 24.3 Å². The van der Waals surface area contributed by atoms with E-state index in [-0.39, 0.29) is 10.6 Å². The molecule has 2 aliphatic heterocycles. The van der Waals surface area contributed by atoms with E-state index in [1.807, 2.05) is 19.1 Å². The van der Waals surface area contributed by atoms with Crippen molar-refractivity contribution in [1.29, 1.82) is 0 Å². The van der Waals surface area contributed by atoms with Crippen LogP contribution in [0.5, 0.6) is 0 Å². The molecular formula is C17H25N3O2. The summed E-state index contributed by atoms with van der Waals surface area (Å²) in [5.74, 6) is 0. The maximum atomic E-state index is 10.9. The number of piperidine rings is 2. The molecule has 2 heterocycles. The van der Waals surface area contributed by atoms with Gasteiger partial charge in [0.1, 0.15) is 0 Å². The monoisotopic (exact) mass is 303 g/mol. The van der Waals surface area contributed by atoms with Crippen LogP contribution < -0.4 is 4.90 Å². The predicted octanol–water partition coefficient (Wildman–Crippen LogP) is 3.22. The molecule has 0 bridgehead atoms. The number of rotatable bonds is 2. The molecular weight excluding hydrogens is 278 g/mol. The third-order valence-corrected chi connectivity index (χ3v) is 5.61. The quantitative estimate of drug-likeness (QED) is 0.622. The molecule has 0 N–H and O–H groups in total. The van der Waals surface area contributed by atoms with Crippen molar-refractivity contribution in [2.75, 3.05) is 38.1 Å². The Hall–Kier alpha value is -1.62. The molecule has 2 saturated heterocycles.